The number of urea groups is 1. The van der Waals surface area contributed by atoms with Gasteiger partial charge in [-0.3, -0.25) is 0 Å². The molecule has 0 spiro atoms. The summed E-state index contributed by atoms with van der Waals surface area (Å²) in [5.74, 6) is 0.712. The van der Waals surface area contributed by atoms with E-state index in [4.69, 9.17) is 4.74 Å². The summed E-state index contributed by atoms with van der Waals surface area (Å²) in [6, 6.07) is 9.46. The second-order valence-electron chi connectivity index (χ2n) is 5.48. The van der Waals surface area contributed by atoms with Crippen molar-refractivity contribution in [2.45, 2.75) is 26.9 Å². The zero-order chi connectivity index (χ0) is 17.7. The van der Waals surface area contributed by atoms with E-state index in [9.17, 15) is 13.6 Å². The number of hydrogen-bond acceptors (Lipinski definition) is 2. The average molecular weight is 334 g/mol. The Morgan fingerprint density at radius 2 is 1.92 bits per heavy atom. The van der Waals surface area contributed by atoms with Gasteiger partial charge in [0.05, 0.1) is 0 Å². The molecule has 2 amide bonds. The monoisotopic (exact) mass is 334 g/mol. The first kappa shape index (κ1) is 17.7. The molecular formula is C18H20F2N2O2. The molecule has 0 aliphatic heterocycles. The maximum absolute atomic E-state index is 12.9. The van der Waals surface area contributed by atoms with Crippen molar-refractivity contribution in [2.24, 2.45) is 0 Å². The number of carbonyl (C=O) groups excluding carboxylic acids is 1. The summed E-state index contributed by atoms with van der Waals surface area (Å²) in [4.78, 5) is 11.5. The van der Waals surface area contributed by atoms with Crippen LogP contribution in [0.15, 0.2) is 36.4 Å². The fourth-order valence-electron chi connectivity index (χ4n) is 2.27. The maximum atomic E-state index is 12.9. The molecule has 24 heavy (non-hydrogen) atoms. The number of hydrogen-bond donors (Lipinski definition) is 2. The van der Waals surface area contributed by atoms with Gasteiger partial charge in [0, 0.05) is 23.9 Å². The first-order chi connectivity index (χ1) is 11.4. The van der Waals surface area contributed by atoms with Gasteiger partial charge in [0.2, 0.25) is 0 Å². The summed E-state index contributed by atoms with van der Waals surface area (Å²) in [5.41, 5.74) is 2.87. The van der Waals surface area contributed by atoms with E-state index in [-0.39, 0.29) is 12.2 Å². The van der Waals surface area contributed by atoms with Gasteiger partial charge in [-0.1, -0.05) is 29.8 Å². The van der Waals surface area contributed by atoms with E-state index >= 15 is 0 Å². The van der Waals surface area contributed by atoms with Crippen LogP contribution in [0.2, 0.25) is 0 Å². The molecule has 6 heteroatoms. The molecule has 2 N–H and O–H groups in total. The Hall–Kier alpha value is -2.63. The lowest BCUT2D eigenvalue weighted by Crippen LogP contribution is -2.25. The summed E-state index contributed by atoms with van der Waals surface area (Å²) in [6.45, 7) is 4.09. The highest BCUT2D eigenvalue weighted by Gasteiger charge is 2.13. The van der Waals surface area contributed by atoms with Crippen LogP contribution in [0.3, 0.4) is 0 Å². The lowest BCUT2D eigenvalue weighted by molar-refractivity contribution is 0.151. The van der Waals surface area contributed by atoms with Gasteiger partial charge in [-0.15, -0.1) is 0 Å². The molecule has 0 unspecified atom stereocenters. The van der Waals surface area contributed by atoms with Gasteiger partial charge < -0.3 is 15.4 Å². The highest BCUT2D eigenvalue weighted by Crippen LogP contribution is 2.27. The molecule has 0 saturated carbocycles. The number of ether oxygens (including phenoxy) is 1. The molecule has 0 bridgehead atoms. The van der Waals surface area contributed by atoms with Gasteiger partial charge in [-0.2, -0.15) is 0 Å². The molecule has 0 aliphatic carbocycles. The van der Waals surface area contributed by atoms with Crippen LogP contribution in [0.4, 0.5) is 19.3 Å². The third-order valence-corrected chi connectivity index (χ3v) is 3.57. The second-order valence-corrected chi connectivity index (χ2v) is 5.48. The van der Waals surface area contributed by atoms with E-state index in [1.165, 1.54) is 25.2 Å². The van der Waals surface area contributed by atoms with Crippen molar-refractivity contribution < 1.29 is 18.3 Å². The third kappa shape index (κ3) is 4.44. The fraction of sp³-hybridized carbons (Fsp3) is 0.278. The predicted molar refractivity (Wildman–Crippen MR) is 89.7 cm³/mol. The number of nitrogens with one attached hydrogen (secondary N) is 2. The summed E-state index contributed by atoms with van der Waals surface area (Å²) in [6.07, 6.45) is -2.61. The van der Waals surface area contributed by atoms with E-state index in [0.29, 0.717) is 17.0 Å². The fourth-order valence-corrected chi connectivity index (χ4v) is 2.27. The molecule has 128 valence electrons. The van der Waals surface area contributed by atoms with Crippen molar-refractivity contribution in [2.75, 3.05) is 12.4 Å². The average Bonchev–Trinajstić information content (AvgIpc) is 2.54. The molecule has 4 nitrogen and oxygen atoms in total. The molecule has 0 radical (unpaired) electrons. The molecule has 0 fully saturated rings. The van der Waals surface area contributed by atoms with Crippen molar-refractivity contribution in [3.63, 3.8) is 0 Å². The predicted octanol–water partition coefficient (Wildman–Crippen LogP) is 4.57. The van der Waals surface area contributed by atoms with Crippen molar-refractivity contribution >= 4 is 11.7 Å². The van der Waals surface area contributed by atoms with Crippen LogP contribution in [0.5, 0.6) is 5.75 Å². The Labute approximate surface area is 139 Å². The van der Waals surface area contributed by atoms with Crippen molar-refractivity contribution in [1.82, 2.24) is 5.32 Å². The number of halogens is 2. The van der Waals surface area contributed by atoms with Crippen molar-refractivity contribution in [1.29, 1.82) is 0 Å². The summed E-state index contributed by atoms with van der Waals surface area (Å²) < 4.78 is 31.5. The summed E-state index contributed by atoms with van der Waals surface area (Å²) in [5, 5.41) is 4.95. The van der Waals surface area contributed by atoms with Crippen LogP contribution in [0.25, 0.3) is 0 Å². The Bertz CT molecular complexity index is 733. The number of alkyl halides is 2. The number of amides is 2. The number of benzene rings is 2. The number of carbonyl (C=O) groups is 1. The van der Waals surface area contributed by atoms with Gasteiger partial charge in [0.25, 0.3) is 6.43 Å². The summed E-state index contributed by atoms with van der Waals surface area (Å²) in [7, 11) is 1.46. The van der Waals surface area contributed by atoms with Gasteiger partial charge in [-0.05, 0) is 31.5 Å². The molecule has 0 aromatic heterocycles. The van der Waals surface area contributed by atoms with Crippen molar-refractivity contribution in [3.05, 3.63) is 58.7 Å². The SMILES string of the molecule is CNC(=O)Nc1cc(C(F)F)ccc1COc1ccc(C)cc1C. The van der Waals surface area contributed by atoms with E-state index in [1.807, 2.05) is 32.0 Å². The Morgan fingerprint density at radius 1 is 1.17 bits per heavy atom. The molecule has 0 heterocycles. The highest BCUT2D eigenvalue weighted by molar-refractivity contribution is 5.90. The highest BCUT2D eigenvalue weighted by atomic mass is 19.3. The zero-order valence-corrected chi connectivity index (χ0v) is 13.8. The standard InChI is InChI=1S/C18H20F2N2O2/c1-11-4-7-16(12(2)8-11)24-10-14-6-5-13(17(19)20)9-15(14)22-18(23)21-3/h4-9,17H,10H2,1-3H3,(H2,21,22,23). The minimum absolute atomic E-state index is 0.156. The normalized spacial score (nSPS) is 10.6. The molecule has 0 atom stereocenters. The van der Waals surface area contributed by atoms with E-state index in [1.54, 1.807) is 0 Å². The van der Waals surface area contributed by atoms with E-state index in [2.05, 4.69) is 10.6 Å². The number of aryl methyl sites for hydroxylation is 2. The third-order valence-electron chi connectivity index (χ3n) is 3.57. The number of rotatable bonds is 5. The van der Waals surface area contributed by atoms with Gasteiger partial charge in [0.15, 0.2) is 0 Å². The smallest absolute Gasteiger partial charge is 0.318 e. The minimum Gasteiger partial charge on any atom is -0.489 e. The summed E-state index contributed by atoms with van der Waals surface area (Å²) >= 11 is 0. The lowest BCUT2D eigenvalue weighted by Gasteiger charge is -2.15. The Kier molecular flexibility index (Phi) is 5.73. The molecule has 2 aromatic rings. The minimum atomic E-state index is -2.61. The van der Waals surface area contributed by atoms with Gasteiger partial charge in [-0.25, -0.2) is 13.6 Å². The molecule has 2 rings (SSSR count). The van der Waals surface area contributed by atoms with Gasteiger partial charge >= 0.3 is 6.03 Å². The molecule has 0 saturated heterocycles. The van der Waals surface area contributed by atoms with Crippen molar-refractivity contribution in [3.8, 4) is 5.75 Å². The molecule has 0 aliphatic rings. The maximum Gasteiger partial charge on any atom is 0.318 e. The molecular weight excluding hydrogens is 314 g/mol. The topological polar surface area (TPSA) is 50.4 Å². The van der Waals surface area contributed by atoms with Crippen LogP contribution in [0.1, 0.15) is 28.7 Å². The van der Waals surface area contributed by atoms with E-state index < -0.39 is 12.5 Å². The number of anilines is 1. The second kappa shape index (κ2) is 7.77. The van der Waals surface area contributed by atoms with Crippen LogP contribution < -0.4 is 15.4 Å². The zero-order valence-electron chi connectivity index (χ0n) is 13.8. The van der Waals surface area contributed by atoms with E-state index in [0.717, 1.165) is 11.1 Å². The molecule has 2 aromatic carbocycles. The Balaban J connectivity index is 2.22. The first-order valence-corrected chi connectivity index (χ1v) is 7.50. The largest absolute Gasteiger partial charge is 0.489 e. The van der Waals surface area contributed by atoms with Crippen LogP contribution in [-0.2, 0) is 6.61 Å². The van der Waals surface area contributed by atoms with Crippen LogP contribution >= 0.6 is 0 Å². The van der Waals surface area contributed by atoms with Gasteiger partial charge in [0.1, 0.15) is 12.4 Å². The van der Waals surface area contributed by atoms with Crippen LogP contribution in [0, 0.1) is 13.8 Å². The first-order valence-electron chi connectivity index (χ1n) is 7.50. The lowest BCUT2D eigenvalue weighted by atomic mass is 10.1. The van der Waals surface area contributed by atoms with Crippen LogP contribution in [-0.4, -0.2) is 13.1 Å². The quantitative estimate of drug-likeness (QED) is 0.841. The Morgan fingerprint density at radius 3 is 2.54 bits per heavy atom.